The zero-order valence-corrected chi connectivity index (χ0v) is 20.3. The second-order valence-corrected chi connectivity index (χ2v) is 11.5. The molecule has 3 rings (SSSR count). The molecular weight excluding hydrogens is 384 g/mol. The van der Waals surface area contributed by atoms with E-state index < -0.39 is 11.2 Å². The molecule has 0 spiro atoms. The topological polar surface area (TPSA) is 60.7 Å². The van der Waals surface area contributed by atoms with Gasteiger partial charge in [-0.3, -0.25) is 0 Å². The van der Waals surface area contributed by atoms with Crippen molar-refractivity contribution in [1.29, 1.82) is 0 Å². The van der Waals surface area contributed by atoms with Gasteiger partial charge in [-0.2, -0.15) is 0 Å². The number of aliphatic hydroxyl groups excluding tert-OH is 1. The minimum absolute atomic E-state index is 0.226. The van der Waals surface area contributed by atoms with Crippen LogP contribution in [-0.4, -0.2) is 32.6 Å². The first-order valence-electron chi connectivity index (χ1n) is 12.2. The van der Waals surface area contributed by atoms with E-state index in [1.807, 2.05) is 0 Å². The summed E-state index contributed by atoms with van der Waals surface area (Å²) in [6.45, 7) is 13.9. The first-order chi connectivity index (χ1) is 14.3. The summed E-state index contributed by atoms with van der Waals surface area (Å²) < 4.78 is 0. The van der Waals surface area contributed by atoms with Crippen molar-refractivity contribution in [2.75, 3.05) is 0 Å². The van der Waals surface area contributed by atoms with Gasteiger partial charge in [0.1, 0.15) is 5.60 Å². The Morgan fingerprint density at radius 2 is 1.81 bits per heavy atom. The van der Waals surface area contributed by atoms with Crippen molar-refractivity contribution in [3.8, 4) is 0 Å². The van der Waals surface area contributed by atoms with E-state index in [4.69, 9.17) is 0 Å². The fourth-order valence-corrected chi connectivity index (χ4v) is 6.22. The van der Waals surface area contributed by atoms with Crippen LogP contribution in [-0.2, 0) is 0 Å². The summed E-state index contributed by atoms with van der Waals surface area (Å²) in [4.78, 5) is 0. The maximum Gasteiger partial charge on any atom is 0.108 e. The van der Waals surface area contributed by atoms with E-state index in [0.717, 1.165) is 19.3 Å². The fraction of sp³-hybridized carbons (Fsp3) is 0.714. The monoisotopic (exact) mass is 428 g/mol. The van der Waals surface area contributed by atoms with E-state index in [1.54, 1.807) is 32.4 Å². The van der Waals surface area contributed by atoms with Gasteiger partial charge in [0.2, 0.25) is 0 Å². The minimum Gasteiger partial charge on any atom is -0.393 e. The van der Waals surface area contributed by atoms with Crippen molar-refractivity contribution in [3.63, 3.8) is 0 Å². The molecule has 3 fully saturated rings. The predicted molar refractivity (Wildman–Crippen MR) is 129 cm³/mol. The molecule has 3 nitrogen and oxygen atoms in total. The molecule has 0 aromatic carbocycles. The van der Waals surface area contributed by atoms with Crippen molar-refractivity contribution >= 4 is 0 Å². The van der Waals surface area contributed by atoms with Gasteiger partial charge in [0.05, 0.1) is 11.7 Å². The second-order valence-electron chi connectivity index (χ2n) is 11.5. The molecule has 174 valence electrons. The van der Waals surface area contributed by atoms with Crippen LogP contribution in [0.2, 0.25) is 0 Å². The lowest BCUT2D eigenvalue weighted by molar-refractivity contribution is -0.0886. The molecule has 31 heavy (non-hydrogen) atoms. The van der Waals surface area contributed by atoms with Crippen molar-refractivity contribution in [3.05, 3.63) is 47.6 Å². The van der Waals surface area contributed by atoms with Crippen LogP contribution in [0.4, 0.5) is 0 Å². The summed E-state index contributed by atoms with van der Waals surface area (Å²) >= 11 is 0. The van der Waals surface area contributed by atoms with E-state index in [-0.39, 0.29) is 11.5 Å². The van der Waals surface area contributed by atoms with Crippen LogP contribution in [0.25, 0.3) is 0 Å². The van der Waals surface area contributed by atoms with Gasteiger partial charge >= 0.3 is 0 Å². The molecule has 1 unspecified atom stereocenters. The third-order valence-corrected chi connectivity index (χ3v) is 8.82. The van der Waals surface area contributed by atoms with Gasteiger partial charge in [-0.15, -0.1) is 0 Å². The molecule has 0 bridgehead atoms. The lowest BCUT2D eigenvalue weighted by Crippen LogP contribution is -2.46. The Balaban J connectivity index is 1.77. The number of fused-ring (bicyclic) bond motifs is 1. The van der Waals surface area contributed by atoms with Gasteiger partial charge < -0.3 is 15.3 Å². The smallest absolute Gasteiger partial charge is 0.108 e. The van der Waals surface area contributed by atoms with Gasteiger partial charge in [-0.05, 0) is 101 Å². The Bertz CT molecular complexity index is 764. The number of aliphatic hydroxyl groups is 3. The summed E-state index contributed by atoms with van der Waals surface area (Å²) in [5, 5.41) is 30.9. The lowest BCUT2D eigenvalue weighted by atomic mass is 9.61. The molecule has 0 saturated heterocycles. The quantitative estimate of drug-likeness (QED) is 0.480. The first kappa shape index (κ1) is 24.5. The molecule has 0 aromatic rings. The van der Waals surface area contributed by atoms with Gasteiger partial charge in [0, 0.05) is 0 Å². The highest BCUT2D eigenvalue weighted by molar-refractivity contribution is 5.36. The van der Waals surface area contributed by atoms with Crippen LogP contribution in [0.1, 0.15) is 86.0 Å². The summed E-state index contributed by atoms with van der Waals surface area (Å²) in [6, 6.07) is 0. The normalized spacial score (nSPS) is 37.9. The third kappa shape index (κ3) is 5.10. The Hall–Kier alpha value is -1.16. The molecule has 0 heterocycles. The largest absolute Gasteiger partial charge is 0.393 e. The van der Waals surface area contributed by atoms with Crippen molar-refractivity contribution in [1.82, 2.24) is 0 Å². The average molecular weight is 429 g/mol. The number of rotatable bonds is 5. The third-order valence-electron chi connectivity index (χ3n) is 8.82. The van der Waals surface area contributed by atoms with Gasteiger partial charge in [0.25, 0.3) is 0 Å². The zero-order chi connectivity index (χ0) is 23.0. The molecule has 3 saturated carbocycles. The molecule has 3 aliphatic carbocycles. The average Bonchev–Trinajstić information content (AvgIpc) is 3.03. The zero-order valence-electron chi connectivity index (χ0n) is 20.3. The number of hydrogen-bond acceptors (Lipinski definition) is 3. The lowest BCUT2D eigenvalue weighted by Gasteiger charge is -2.44. The first-order valence-corrected chi connectivity index (χ1v) is 12.2. The standard InChI is InChI=1S/C28H44O3/c1-19-9-12-23(29)18-22(19)11-10-21-8-7-16-27(5)24(13-14-25(21)27)20(2)15-17-28(6,31)26(3,4)30/h10-11,15,17,20,23-25,29-31H,1,7-9,12-14,16,18H2,2-6H3/b17-15+,21-10+,22-11?/t20-,23+,24-,25?,27-,28-/m1/s1. The second kappa shape index (κ2) is 9.00. The Kier molecular flexibility index (Phi) is 7.11. The van der Waals surface area contributed by atoms with Gasteiger partial charge in [-0.25, -0.2) is 0 Å². The van der Waals surface area contributed by atoms with Gasteiger partial charge in [-0.1, -0.05) is 55.9 Å². The molecule has 0 aliphatic heterocycles. The predicted octanol–water partition coefficient (Wildman–Crippen LogP) is 5.87. The molecular formula is C28H44O3. The minimum atomic E-state index is -1.24. The van der Waals surface area contributed by atoms with Crippen molar-refractivity contribution in [2.45, 2.75) is 103 Å². The highest BCUT2D eigenvalue weighted by Gasteiger charge is 2.50. The van der Waals surface area contributed by atoms with Crippen LogP contribution in [0.3, 0.4) is 0 Å². The number of allylic oxidation sites excluding steroid dienone is 5. The Labute approximate surface area is 189 Å². The van der Waals surface area contributed by atoms with Crippen LogP contribution >= 0.6 is 0 Å². The molecule has 6 atom stereocenters. The number of hydrogen-bond donors (Lipinski definition) is 3. The van der Waals surface area contributed by atoms with Crippen LogP contribution in [0.5, 0.6) is 0 Å². The Morgan fingerprint density at radius 3 is 2.48 bits per heavy atom. The van der Waals surface area contributed by atoms with E-state index in [0.29, 0.717) is 17.8 Å². The Morgan fingerprint density at radius 1 is 1.10 bits per heavy atom. The highest BCUT2D eigenvalue weighted by atomic mass is 16.3. The van der Waals surface area contributed by atoms with Gasteiger partial charge in [0.15, 0.2) is 0 Å². The molecule has 0 aromatic heterocycles. The van der Waals surface area contributed by atoms with E-state index in [2.05, 4.69) is 38.7 Å². The summed E-state index contributed by atoms with van der Waals surface area (Å²) in [5.41, 5.74) is 1.83. The fourth-order valence-electron chi connectivity index (χ4n) is 6.22. The van der Waals surface area contributed by atoms with Crippen LogP contribution in [0, 0.1) is 23.2 Å². The summed E-state index contributed by atoms with van der Waals surface area (Å²) in [5.74, 6) is 1.54. The maximum atomic E-state index is 10.6. The molecule has 0 radical (unpaired) electrons. The van der Waals surface area contributed by atoms with Crippen molar-refractivity contribution in [2.24, 2.45) is 23.2 Å². The van der Waals surface area contributed by atoms with Crippen LogP contribution < -0.4 is 0 Å². The molecule has 3 N–H and O–H groups in total. The van der Waals surface area contributed by atoms with E-state index in [1.165, 1.54) is 43.3 Å². The molecule has 0 amide bonds. The van der Waals surface area contributed by atoms with Crippen LogP contribution in [0.15, 0.2) is 47.6 Å². The van der Waals surface area contributed by atoms with E-state index >= 15 is 0 Å². The molecule has 3 heteroatoms. The maximum absolute atomic E-state index is 10.6. The highest BCUT2D eigenvalue weighted by Crippen LogP contribution is 2.59. The summed E-state index contributed by atoms with van der Waals surface area (Å²) in [6.07, 6.45) is 16.8. The van der Waals surface area contributed by atoms with E-state index in [9.17, 15) is 15.3 Å². The van der Waals surface area contributed by atoms with Crippen molar-refractivity contribution < 1.29 is 15.3 Å². The summed E-state index contributed by atoms with van der Waals surface area (Å²) in [7, 11) is 0. The molecule has 3 aliphatic rings. The SMILES string of the molecule is C=C1CC[C@H](O)CC1=C/C=C1\CCC[C@@]2(C)C1CC[C@@H]2[C@H](C)/C=C/[C@@](C)(O)C(C)(C)O.